The van der Waals surface area contributed by atoms with Crippen LogP contribution in [0.4, 0.5) is 0 Å². The molecule has 1 aromatic carbocycles. The molecule has 1 heterocycles. The summed E-state index contributed by atoms with van der Waals surface area (Å²) in [5, 5.41) is 6.25. The fraction of sp³-hybridized carbons (Fsp3) is 0.650. The van der Waals surface area contributed by atoms with E-state index in [0.29, 0.717) is 25.7 Å². The number of sulfonamides is 1. The third kappa shape index (κ3) is 9.80. The molecule has 8 nitrogen and oxygen atoms in total. The molecule has 0 spiro atoms. The Kier molecular flexibility index (Phi) is 12.6. The van der Waals surface area contributed by atoms with Crippen molar-refractivity contribution in [2.75, 3.05) is 46.2 Å². The minimum atomic E-state index is -3.35. The number of halogens is 1. The predicted octanol–water partition coefficient (Wildman–Crippen LogP) is 1.82. The number of hydrogen-bond donors (Lipinski definition) is 3. The Hall–Kier alpha value is -1.11. The summed E-state index contributed by atoms with van der Waals surface area (Å²) in [6, 6.07) is 6.09. The minimum Gasteiger partial charge on any atom is -0.496 e. The summed E-state index contributed by atoms with van der Waals surface area (Å²) in [4.78, 5) is 4.15. The smallest absolute Gasteiger partial charge is 0.213 e. The number of guanidine groups is 1. The van der Waals surface area contributed by atoms with Crippen LogP contribution < -0.4 is 20.1 Å². The maximum absolute atomic E-state index is 12.2. The molecule has 30 heavy (non-hydrogen) atoms. The van der Waals surface area contributed by atoms with Crippen LogP contribution in [0.2, 0.25) is 0 Å². The van der Waals surface area contributed by atoms with Crippen LogP contribution in [0.25, 0.3) is 0 Å². The molecule has 1 aromatic rings. The highest BCUT2D eigenvalue weighted by atomic mass is 127. The second-order valence-corrected chi connectivity index (χ2v) is 9.07. The molecule has 0 aromatic heterocycles. The van der Waals surface area contributed by atoms with Crippen molar-refractivity contribution in [1.82, 2.24) is 15.4 Å². The average Bonchev–Trinajstić information content (AvgIpc) is 2.72. The van der Waals surface area contributed by atoms with E-state index in [4.69, 9.17) is 9.47 Å². The molecule has 2 rings (SSSR count). The third-order valence-corrected chi connectivity index (χ3v) is 6.16. The highest BCUT2D eigenvalue weighted by Gasteiger charge is 2.17. The van der Waals surface area contributed by atoms with Gasteiger partial charge in [-0.2, -0.15) is 0 Å². The van der Waals surface area contributed by atoms with Gasteiger partial charge in [-0.25, -0.2) is 13.1 Å². The van der Waals surface area contributed by atoms with Crippen LogP contribution in [0.1, 0.15) is 30.4 Å². The van der Waals surface area contributed by atoms with Gasteiger partial charge in [-0.05, 0) is 44.2 Å². The highest BCUT2D eigenvalue weighted by Crippen LogP contribution is 2.19. The molecule has 1 saturated heterocycles. The monoisotopic (exact) mass is 554 g/mol. The topological polar surface area (TPSA) is 101 Å². The van der Waals surface area contributed by atoms with Gasteiger partial charge in [-0.3, -0.25) is 4.99 Å². The van der Waals surface area contributed by atoms with E-state index < -0.39 is 10.0 Å². The summed E-state index contributed by atoms with van der Waals surface area (Å²) in [6.45, 7) is 4.03. The van der Waals surface area contributed by atoms with E-state index in [1.165, 1.54) is 5.56 Å². The minimum absolute atomic E-state index is 0. The van der Waals surface area contributed by atoms with Crippen molar-refractivity contribution in [3.63, 3.8) is 0 Å². The van der Waals surface area contributed by atoms with E-state index in [-0.39, 0.29) is 42.4 Å². The third-order valence-electron chi connectivity index (χ3n) is 4.81. The largest absolute Gasteiger partial charge is 0.496 e. The van der Waals surface area contributed by atoms with Crippen LogP contribution in [-0.2, 0) is 21.2 Å². The van der Waals surface area contributed by atoms with Gasteiger partial charge in [0.1, 0.15) is 5.75 Å². The number of nitrogens with one attached hydrogen (secondary N) is 3. The van der Waals surface area contributed by atoms with E-state index in [2.05, 4.69) is 26.4 Å². The summed E-state index contributed by atoms with van der Waals surface area (Å²) in [5.41, 5.74) is 2.30. The Balaban J connectivity index is 0.00000450. The number of hydrogen-bond acceptors (Lipinski definition) is 5. The zero-order chi connectivity index (χ0) is 21.1. The van der Waals surface area contributed by atoms with Crippen molar-refractivity contribution in [2.45, 2.75) is 38.7 Å². The van der Waals surface area contributed by atoms with E-state index in [1.54, 1.807) is 14.2 Å². The van der Waals surface area contributed by atoms with Crippen molar-refractivity contribution in [3.8, 4) is 5.75 Å². The van der Waals surface area contributed by atoms with Crippen LogP contribution in [-0.4, -0.2) is 66.6 Å². The Bertz CT molecular complexity index is 768. The first-order valence-electron chi connectivity index (χ1n) is 10.1. The Morgan fingerprint density at radius 2 is 2.03 bits per heavy atom. The number of aryl methyl sites for hydroxylation is 1. The van der Waals surface area contributed by atoms with E-state index in [0.717, 1.165) is 37.0 Å². The van der Waals surface area contributed by atoms with E-state index in [9.17, 15) is 8.42 Å². The normalized spacial score (nSPS) is 17.2. The second kappa shape index (κ2) is 14.0. The zero-order valence-electron chi connectivity index (χ0n) is 18.1. The summed E-state index contributed by atoms with van der Waals surface area (Å²) >= 11 is 0. The predicted molar refractivity (Wildman–Crippen MR) is 132 cm³/mol. The van der Waals surface area contributed by atoms with Gasteiger partial charge in [0.2, 0.25) is 10.0 Å². The molecule has 1 aliphatic rings. The Morgan fingerprint density at radius 3 is 2.70 bits per heavy atom. The molecule has 3 N–H and O–H groups in total. The van der Waals surface area contributed by atoms with Crippen LogP contribution in [0.15, 0.2) is 23.2 Å². The summed E-state index contributed by atoms with van der Waals surface area (Å²) in [5.74, 6) is 1.41. The van der Waals surface area contributed by atoms with Crippen LogP contribution >= 0.6 is 24.0 Å². The molecular weight excluding hydrogens is 519 g/mol. The van der Waals surface area contributed by atoms with E-state index >= 15 is 0 Å². The number of nitrogens with zero attached hydrogens (tertiary/aromatic N) is 1. The lowest BCUT2D eigenvalue weighted by atomic mass is 10.1. The van der Waals surface area contributed by atoms with Gasteiger partial charge in [-0.15, -0.1) is 24.0 Å². The second-order valence-electron chi connectivity index (χ2n) is 7.15. The Morgan fingerprint density at radius 1 is 1.27 bits per heavy atom. The molecule has 10 heteroatoms. The molecule has 0 aliphatic carbocycles. The first-order valence-corrected chi connectivity index (χ1v) is 11.8. The lowest BCUT2D eigenvalue weighted by Gasteiger charge is -2.22. The zero-order valence-corrected chi connectivity index (χ0v) is 21.2. The SMILES string of the molecule is CN=C(NCCc1cc(C)ccc1OC)NCCS(=O)(=O)NCC1CCCCO1.I. The number of benzene rings is 1. The maximum Gasteiger partial charge on any atom is 0.213 e. The molecule has 1 aliphatic heterocycles. The molecule has 172 valence electrons. The molecule has 1 atom stereocenters. The number of rotatable bonds is 10. The van der Waals surface area contributed by atoms with Gasteiger partial charge in [0.25, 0.3) is 0 Å². The summed E-state index contributed by atoms with van der Waals surface area (Å²) in [7, 11) is -0.0278. The van der Waals surface area contributed by atoms with Gasteiger partial charge >= 0.3 is 0 Å². The summed E-state index contributed by atoms with van der Waals surface area (Å²) < 4.78 is 37.9. The first-order chi connectivity index (χ1) is 13.9. The van der Waals surface area contributed by atoms with Gasteiger partial charge in [-0.1, -0.05) is 17.7 Å². The molecule has 0 saturated carbocycles. The van der Waals surface area contributed by atoms with Gasteiger partial charge in [0.05, 0.1) is 19.0 Å². The molecule has 1 unspecified atom stereocenters. The molecule has 0 bridgehead atoms. The average molecular weight is 554 g/mol. The summed E-state index contributed by atoms with van der Waals surface area (Å²) in [6.07, 6.45) is 3.80. The first kappa shape index (κ1) is 26.9. The van der Waals surface area contributed by atoms with Gasteiger partial charge in [0.15, 0.2) is 5.96 Å². The molecule has 0 radical (unpaired) electrons. The van der Waals surface area contributed by atoms with Crippen molar-refractivity contribution >= 4 is 40.0 Å². The number of methoxy groups -OCH3 is 1. The maximum atomic E-state index is 12.2. The lowest BCUT2D eigenvalue weighted by Crippen LogP contribution is -2.43. The standard InChI is InChI=1S/C20H34N4O4S.HI/c1-16-7-8-19(27-3)17(14-16)9-10-22-20(21-2)23-11-13-29(25,26)24-15-18-6-4-5-12-28-18;/h7-8,14,18,24H,4-6,9-13,15H2,1-3H3,(H2,21,22,23);1H. The van der Waals surface area contributed by atoms with Crippen molar-refractivity contribution < 1.29 is 17.9 Å². The lowest BCUT2D eigenvalue weighted by molar-refractivity contribution is 0.0200. The van der Waals surface area contributed by atoms with Crippen molar-refractivity contribution in [3.05, 3.63) is 29.3 Å². The van der Waals surface area contributed by atoms with Gasteiger partial charge < -0.3 is 20.1 Å². The van der Waals surface area contributed by atoms with E-state index in [1.807, 2.05) is 19.1 Å². The Labute approximate surface area is 197 Å². The highest BCUT2D eigenvalue weighted by molar-refractivity contribution is 14.0. The van der Waals surface area contributed by atoms with Crippen LogP contribution in [0.3, 0.4) is 0 Å². The van der Waals surface area contributed by atoms with Crippen LogP contribution in [0.5, 0.6) is 5.75 Å². The van der Waals surface area contributed by atoms with Gasteiger partial charge in [0, 0.05) is 33.3 Å². The molecule has 0 amide bonds. The molecule has 1 fully saturated rings. The van der Waals surface area contributed by atoms with Crippen LogP contribution in [0, 0.1) is 6.92 Å². The fourth-order valence-corrected chi connectivity index (χ4v) is 4.16. The molecular formula is C20H35IN4O4S. The van der Waals surface area contributed by atoms with Crippen molar-refractivity contribution in [2.24, 2.45) is 4.99 Å². The quantitative estimate of drug-likeness (QED) is 0.232. The number of aliphatic imine (C=N–C) groups is 1. The van der Waals surface area contributed by atoms with Crippen molar-refractivity contribution in [1.29, 1.82) is 0 Å². The number of ether oxygens (including phenoxy) is 2. The fourth-order valence-electron chi connectivity index (χ4n) is 3.20.